The number of carbonyl (C=O) groups is 4. The van der Waals surface area contributed by atoms with Crippen molar-refractivity contribution in [1.29, 1.82) is 0 Å². The van der Waals surface area contributed by atoms with Gasteiger partial charge in [0.2, 0.25) is 0 Å². The molecule has 1 fully saturated rings. The number of hydrogen-bond acceptors (Lipinski definition) is 8. The van der Waals surface area contributed by atoms with Crippen LogP contribution >= 0.6 is 0 Å². The van der Waals surface area contributed by atoms with Gasteiger partial charge >= 0.3 is 24.0 Å². The fraction of sp³-hybridized carbons (Fsp3) is 0.610. The van der Waals surface area contributed by atoms with Crippen molar-refractivity contribution in [2.45, 2.75) is 93.5 Å². The molecule has 3 N–H and O–H groups in total. The van der Waals surface area contributed by atoms with Crippen molar-refractivity contribution in [2.24, 2.45) is 16.2 Å². The lowest BCUT2D eigenvalue weighted by Crippen LogP contribution is -2.59. The maximum atomic E-state index is 14.0. The zero-order chi connectivity index (χ0) is 39.5. The lowest BCUT2D eigenvalue weighted by atomic mass is 9.84. The number of carbonyl (C=O) groups excluding carboxylic acids is 1. The van der Waals surface area contributed by atoms with Gasteiger partial charge in [-0.05, 0) is 50.5 Å². The second-order valence-corrected chi connectivity index (χ2v) is 17.7. The predicted octanol–water partition coefficient (Wildman–Crippen LogP) is 5.61. The summed E-state index contributed by atoms with van der Waals surface area (Å²) in [6, 6.07) is 11.5. The van der Waals surface area contributed by atoms with Crippen LogP contribution in [0.3, 0.4) is 0 Å². The molecular formula is C41H60N4O8. The van der Waals surface area contributed by atoms with Crippen molar-refractivity contribution in [1.82, 2.24) is 19.6 Å². The minimum atomic E-state index is -1.00. The first-order chi connectivity index (χ1) is 24.6. The van der Waals surface area contributed by atoms with Crippen LogP contribution in [0, 0.1) is 16.2 Å². The lowest BCUT2D eigenvalue weighted by Gasteiger charge is -2.44. The third-order valence-corrected chi connectivity index (χ3v) is 10.5. The zero-order valence-corrected chi connectivity index (χ0v) is 33.0. The molecule has 1 aliphatic heterocycles. The fourth-order valence-corrected chi connectivity index (χ4v) is 8.23. The number of carboxylic acids is 3. The Bertz CT molecular complexity index is 1590. The van der Waals surface area contributed by atoms with Gasteiger partial charge in [-0.1, -0.05) is 105 Å². The molecule has 2 aromatic rings. The van der Waals surface area contributed by atoms with Gasteiger partial charge in [-0.25, -0.2) is 4.79 Å². The number of hydrogen-bond donors (Lipinski definition) is 3. The smallest absolute Gasteiger partial charge is 0.410 e. The topological polar surface area (TPSA) is 151 Å². The second-order valence-electron chi connectivity index (χ2n) is 17.7. The SMILES string of the molecule is CC(C)(C)C(C(=O)O)N1CCN(C(=O)OCc2cccc3c2Cc2ccccc2-3)CCN(C(C(=O)O)C(C)(C)C)CCN(C(C(=O)O)C(C)(C)C)CC1. The van der Waals surface area contributed by atoms with Gasteiger partial charge in [-0.3, -0.25) is 29.1 Å². The number of ether oxygens (including phenoxy) is 1. The summed E-state index contributed by atoms with van der Waals surface area (Å²) in [5.41, 5.74) is 3.52. The minimum absolute atomic E-state index is 0.0533. The van der Waals surface area contributed by atoms with Gasteiger partial charge in [0.1, 0.15) is 24.7 Å². The maximum absolute atomic E-state index is 14.0. The average molecular weight is 737 g/mol. The molecule has 1 aliphatic carbocycles. The molecule has 12 heteroatoms. The highest BCUT2D eigenvalue weighted by molar-refractivity contribution is 5.78. The van der Waals surface area contributed by atoms with E-state index in [4.69, 9.17) is 4.74 Å². The summed E-state index contributed by atoms with van der Waals surface area (Å²) >= 11 is 0. The van der Waals surface area contributed by atoms with Crippen molar-refractivity contribution in [3.63, 3.8) is 0 Å². The summed E-state index contributed by atoms with van der Waals surface area (Å²) in [6.07, 6.45) is 0.176. The van der Waals surface area contributed by atoms with Gasteiger partial charge < -0.3 is 25.0 Å². The van der Waals surface area contributed by atoms with E-state index in [9.17, 15) is 34.5 Å². The molecule has 3 atom stereocenters. The van der Waals surface area contributed by atoms with E-state index in [1.54, 1.807) is 4.90 Å². The van der Waals surface area contributed by atoms with Gasteiger partial charge in [0.15, 0.2) is 0 Å². The molecular weight excluding hydrogens is 676 g/mol. The van der Waals surface area contributed by atoms with Crippen LogP contribution in [0.15, 0.2) is 42.5 Å². The van der Waals surface area contributed by atoms with Crippen LogP contribution in [0.4, 0.5) is 4.79 Å². The van der Waals surface area contributed by atoms with Crippen LogP contribution in [0.25, 0.3) is 11.1 Å². The molecule has 0 radical (unpaired) electrons. The predicted molar refractivity (Wildman–Crippen MR) is 204 cm³/mol. The second kappa shape index (κ2) is 16.6. The van der Waals surface area contributed by atoms with E-state index in [1.165, 1.54) is 11.1 Å². The van der Waals surface area contributed by atoms with E-state index >= 15 is 0 Å². The first-order valence-electron chi connectivity index (χ1n) is 18.6. The highest BCUT2D eigenvalue weighted by Crippen LogP contribution is 2.38. The normalized spacial score (nSPS) is 18.8. The number of benzene rings is 2. The first-order valence-corrected chi connectivity index (χ1v) is 18.6. The third kappa shape index (κ3) is 10.2. The standard InChI is InChI=1S/C41H60N4O8/c1-39(2,3)32(35(46)47)42-17-19-43(33(36(48)49)40(4,5)6)21-23-45(24-22-44(20-18-42)34(37(50)51)41(7,8)9)38(52)53-26-28-14-12-16-30-29-15-11-10-13-27(29)25-31(28)30/h10-16,32-34H,17-26H2,1-9H3,(H,46,47)(H,48,49)(H,50,51). The van der Waals surface area contributed by atoms with E-state index in [1.807, 2.05) is 101 Å². The summed E-state index contributed by atoms with van der Waals surface area (Å²) in [6.45, 7) is 18.2. The van der Waals surface area contributed by atoms with Crippen molar-refractivity contribution in [3.05, 3.63) is 59.2 Å². The molecule has 2 aliphatic rings. The van der Waals surface area contributed by atoms with E-state index in [0.717, 1.165) is 23.1 Å². The van der Waals surface area contributed by atoms with Gasteiger partial charge in [0.05, 0.1) is 0 Å². The van der Waals surface area contributed by atoms with Crippen molar-refractivity contribution in [3.8, 4) is 11.1 Å². The van der Waals surface area contributed by atoms with Gasteiger partial charge in [-0.2, -0.15) is 0 Å². The van der Waals surface area contributed by atoms with Crippen molar-refractivity contribution >= 4 is 24.0 Å². The van der Waals surface area contributed by atoms with Crippen LogP contribution in [-0.2, 0) is 32.1 Å². The van der Waals surface area contributed by atoms with E-state index in [2.05, 4.69) is 18.2 Å². The summed E-state index contributed by atoms with van der Waals surface area (Å²) in [5.74, 6) is -3.01. The molecule has 1 saturated heterocycles. The Kier molecular flexibility index (Phi) is 13.1. The van der Waals surface area contributed by atoms with Gasteiger partial charge in [0, 0.05) is 52.4 Å². The quantitative estimate of drug-likeness (QED) is 0.265. The molecule has 292 valence electrons. The first kappa shape index (κ1) is 41.8. The molecule has 1 heterocycles. The van der Waals surface area contributed by atoms with Crippen LogP contribution in [0.5, 0.6) is 0 Å². The maximum Gasteiger partial charge on any atom is 0.410 e. The molecule has 0 bridgehead atoms. The average Bonchev–Trinajstić information content (AvgIpc) is 3.40. The van der Waals surface area contributed by atoms with Gasteiger partial charge in [0.25, 0.3) is 0 Å². The molecule has 2 aromatic carbocycles. The highest BCUT2D eigenvalue weighted by Gasteiger charge is 2.42. The van der Waals surface area contributed by atoms with E-state index in [-0.39, 0.29) is 59.0 Å². The zero-order valence-electron chi connectivity index (χ0n) is 33.0. The Morgan fingerprint density at radius 2 is 0.981 bits per heavy atom. The highest BCUT2D eigenvalue weighted by atomic mass is 16.6. The Balaban J connectivity index is 1.68. The molecule has 0 spiro atoms. The van der Waals surface area contributed by atoms with Crippen LogP contribution in [-0.4, -0.2) is 129 Å². The summed E-state index contributed by atoms with van der Waals surface area (Å²) in [7, 11) is 0. The van der Waals surface area contributed by atoms with Crippen LogP contribution in [0.2, 0.25) is 0 Å². The largest absolute Gasteiger partial charge is 0.480 e. The van der Waals surface area contributed by atoms with Crippen molar-refractivity contribution in [2.75, 3.05) is 52.4 Å². The van der Waals surface area contributed by atoms with Crippen LogP contribution in [0.1, 0.15) is 79.0 Å². The number of rotatable bonds is 8. The van der Waals surface area contributed by atoms with E-state index < -0.39 is 58.4 Å². The Hall–Kier alpha value is -4.00. The molecule has 3 unspecified atom stereocenters. The van der Waals surface area contributed by atoms with Crippen LogP contribution < -0.4 is 0 Å². The summed E-state index contributed by atoms with van der Waals surface area (Å²) in [5, 5.41) is 31.4. The third-order valence-electron chi connectivity index (χ3n) is 10.5. The number of carboxylic acid groups (broad SMARTS) is 3. The van der Waals surface area contributed by atoms with E-state index in [0.29, 0.717) is 0 Å². The lowest BCUT2D eigenvalue weighted by molar-refractivity contribution is -0.152. The Labute approximate surface area is 314 Å². The molecule has 1 amide bonds. The van der Waals surface area contributed by atoms with Crippen molar-refractivity contribution < 1.29 is 39.2 Å². The fourth-order valence-electron chi connectivity index (χ4n) is 8.23. The number of fused-ring (bicyclic) bond motifs is 3. The monoisotopic (exact) mass is 736 g/mol. The molecule has 12 nitrogen and oxygen atoms in total. The summed E-state index contributed by atoms with van der Waals surface area (Å²) < 4.78 is 5.99. The number of nitrogens with zero attached hydrogens (tertiary/aromatic N) is 4. The number of aliphatic carboxylic acids is 3. The number of amides is 1. The minimum Gasteiger partial charge on any atom is -0.480 e. The molecule has 0 saturated carbocycles. The Morgan fingerprint density at radius 1 is 0.585 bits per heavy atom. The molecule has 0 aromatic heterocycles. The Morgan fingerprint density at radius 3 is 1.40 bits per heavy atom. The summed E-state index contributed by atoms with van der Waals surface area (Å²) in [4.78, 5) is 59.5. The molecule has 53 heavy (non-hydrogen) atoms. The molecule has 4 rings (SSSR count). The van der Waals surface area contributed by atoms with Gasteiger partial charge in [-0.15, -0.1) is 0 Å².